The van der Waals surface area contributed by atoms with Crippen molar-refractivity contribution in [1.82, 2.24) is 5.32 Å². The lowest BCUT2D eigenvalue weighted by Gasteiger charge is -1.51. The van der Waals surface area contributed by atoms with Crippen LogP contribution < -0.4 is 5.32 Å². The van der Waals surface area contributed by atoms with Gasteiger partial charge < -0.3 is 0 Å². The van der Waals surface area contributed by atoms with E-state index in [0.717, 1.165) is 6.54 Å². The molecule has 0 aliphatic carbocycles. The molecule has 0 atom stereocenters. The minimum Gasteiger partial charge on any atom is -0.00441 e. The summed E-state index contributed by atoms with van der Waals surface area (Å²) in [5.41, 5.74) is 0. The van der Waals surface area contributed by atoms with Crippen molar-refractivity contribution in [3.8, 4) is 0 Å². The molecule has 1 nitrogen and oxygen atoms in total. The maximum Gasteiger partial charge on any atom is 0.180 e. The summed E-state index contributed by atoms with van der Waals surface area (Å²) in [6.45, 7) is 2.96. The maximum absolute atomic E-state index is 3.74. The molecule has 0 rings (SSSR count). The van der Waals surface area contributed by atoms with Gasteiger partial charge in [0.2, 0.25) is 0 Å². The van der Waals surface area contributed by atoms with Gasteiger partial charge in [0.15, 0.2) is 13.6 Å². The first-order valence-corrected chi connectivity index (χ1v) is 1.47. The summed E-state index contributed by atoms with van der Waals surface area (Å²) in [7, 11) is 1.81. The van der Waals surface area contributed by atoms with E-state index in [2.05, 4.69) is 5.32 Å². The van der Waals surface area contributed by atoms with E-state index in [9.17, 15) is 0 Å². The molecule has 0 heterocycles. The molecule has 0 N–H and O–H groups in total. The third-order valence-corrected chi connectivity index (χ3v) is 0.316. The Labute approximate surface area is 27.0 Å². The Bertz CT molecular complexity index is 5.25. The summed E-state index contributed by atoms with van der Waals surface area (Å²) in [6, 6.07) is 0. The zero-order valence-electron chi connectivity index (χ0n) is 3.15. The standard InChI is InChI=1S/C3H8N/c1-3-4-2/h3H2,1-2H3/q+1. The molecule has 2 radical (unpaired) electrons. The van der Waals surface area contributed by atoms with Crippen LogP contribution in [0.2, 0.25) is 0 Å². The summed E-state index contributed by atoms with van der Waals surface area (Å²) in [5.74, 6) is 0. The van der Waals surface area contributed by atoms with Gasteiger partial charge in [0.05, 0.1) is 5.32 Å². The van der Waals surface area contributed by atoms with Crippen molar-refractivity contribution < 1.29 is 0 Å². The maximum atomic E-state index is 3.74. The first-order valence-electron chi connectivity index (χ1n) is 1.47. The highest BCUT2D eigenvalue weighted by Gasteiger charge is 1.73. The Morgan fingerprint density at radius 3 is 2.00 bits per heavy atom. The average molecular weight is 58.1 g/mol. The molecule has 0 unspecified atom stereocenters. The molecule has 0 aromatic carbocycles. The number of hydrogen-bond donors (Lipinski definition) is 0. The average Bonchev–Trinajstić information content (AvgIpc) is 1.37. The lowest BCUT2D eigenvalue weighted by atomic mass is 10.8. The minimum atomic E-state index is 0.944. The predicted molar refractivity (Wildman–Crippen MR) is 18.6 cm³/mol. The van der Waals surface area contributed by atoms with E-state index in [4.69, 9.17) is 0 Å². The van der Waals surface area contributed by atoms with Crippen LogP contribution in [0.25, 0.3) is 0 Å². The summed E-state index contributed by atoms with van der Waals surface area (Å²) in [6.07, 6.45) is 0. The molecule has 0 aliphatic heterocycles. The molecular formula is C3H8N+. The van der Waals surface area contributed by atoms with E-state index in [1.807, 2.05) is 6.92 Å². The zero-order valence-corrected chi connectivity index (χ0v) is 3.15. The molecule has 0 aromatic heterocycles. The molecule has 0 amide bonds. The first-order chi connectivity index (χ1) is 1.91. The van der Waals surface area contributed by atoms with Crippen molar-refractivity contribution in [2.24, 2.45) is 0 Å². The van der Waals surface area contributed by atoms with Crippen LogP contribution in [-0.4, -0.2) is 13.6 Å². The first kappa shape index (κ1) is 3.96. The largest absolute Gasteiger partial charge is 0.180 e. The van der Waals surface area contributed by atoms with Crippen LogP contribution in [0.3, 0.4) is 0 Å². The van der Waals surface area contributed by atoms with Gasteiger partial charge in [0.25, 0.3) is 0 Å². The molecular weight excluding hydrogens is 50.0 g/mol. The lowest BCUT2D eigenvalue weighted by molar-refractivity contribution is 0.845. The van der Waals surface area contributed by atoms with Crippen LogP contribution in [0.1, 0.15) is 6.92 Å². The zero-order chi connectivity index (χ0) is 3.41. The second kappa shape index (κ2) is 2.96. The molecule has 0 saturated carbocycles. The molecule has 0 aliphatic rings. The Kier molecular flexibility index (Phi) is 2.93. The van der Waals surface area contributed by atoms with E-state index >= 15 is 0 Å². The van der Waals surface area contributed by atoms with Gasteiger partial charge in [-0.3, -0.25) is 0 Å². The second-order valence-corrected chi connectivity index (χ2v) is 0.632. The van der Waals surface area contributed by atoms with Crippen LogP contribution >= 0.6 is 0 Å². The van der Waals surface area contributed by atoms with E-state index in [1.165, 1.54) is 0 Å². The Balaban J connectivity index is 1.97. The quantitative estimate of drug-likeness (QED) is 0.410. The molecule has 24 valence electrons. The highest BCUT2D eigenvalue weighted by Crippen LogP contribution is 1.40. The van der Waals surface area contributed by atoms with Gasteiger partial charge in [-0.1, -0.05) is 0 Å². The van der Waals surface area contributed by atoms with Crippen LogP contribution in [-0.2, 0) is 0 Å². The van der Waals surface area contributed by atoms with Gasteiger partial charge in [0.1, 0.15) is 0 Å². The van der Waals surface area contributed by atoms with Gasteiger partial charge in [-0.15, -0.1) is 0 Å². The topological polar surface area (TPSA) is 14.1 Å². The highest BCUT2D eigenvalue weighted by atomic mass is 14.8. The van der Waals surface area contributed by atoms with Gasteiger partial charge in [0, 0.05) is 0 Å². The SMILES string of the molecule is CC[N+]C. The number of hydrogen-bond acceptors (Lipinski definition) is 0. The molecule has 1 heteroatoms. The van der Waals surface area contributed by atoms with E-state index < -0.39 is 0 Å². The van der Waals surface area contributed by atoms with Crippen molar-refractivity contribution in [2.45, 2.75) is 6.92 Å². The van der Waals surface area contributed by atoms with Crippen LogP contribution in [0, 0.1) is 0 Å². The van der Waals surface area contributed by atoms with Gasteiger partial charge in [-0.05, 0) is 6.92 Å². The van der Waals surface area contributed by atoms with Crippen LogP contribution in [0.5, 0.6) is 0 Å². The third kappa shape index (κ3) is 1.96. The van der Waals surface area contributed by atoms with Crippen molar-refractivity contribution >= 4 is 0 Å². The highest BCUT2D eigenvalue weighted by molar-refractivity contribution is 4.14. The van der Waals surface area contributed by atoms with Crippen LogP contribution in [0.15, 0.2) is 0 Å². The summed E-state index contributed by atoms with van der Waals surface area (Å²) < 4.78 is 0. The number of rotatable bonds is 1. The van der Waals surface area contributed by atoms with Crippen molar-refractivity contribution in [3.63, 3.8) is 0 Å². The van der Waals surface area contributed by atoms with E-state index in [0.29, 0.717) is 0 Å². The smallest absolute Gasteiger partial charge is 0.00441 e. The fraction of sp³-hybridized carbons (Fsp3) is 1.00. The normalized spacial score (nSPS) is 7.50. The minimum absolute atomic E-state index is 0.944. The summed E-state index contributed by atoms with van der Waals surface area (Å²) in [5, 5.41) is 3.74. The fourth-order valence-electron chi connectivity index (χ4n) is 0. The molecule has 0 spiro atoms. The molecule has 4 heavy (non-hydrogen) atoms. The fourth-order valence-corrected chi connectivity index (χ4v) is 0. The summed E-state index contributed by atoms with van der Waals surface area (Å²) in [4.78, 5) is 0. The van der Waals surface area contributed by atoms with Crippen molar-refractivity contribution in [3.05, 3.63) is 0 Å². The van der Waals surface area contributed by atoms with Crippen molar-refractivity contribution in [2.75, 3.05) is 13.6 Å². The van der Waals surface area contributed by atoms with Gasteiger partial charge in [-0.2, -0.15) is 0 Å². The Morgan fingerprint density at radius 2 is 2.00 bits per heavy atom. The molecule has 0 bridgehead atoms. The predicted octanol–water partition coefficient (Wildman–Crippen LogP) is 0.240. The molecule has 0 fully saturated rings. The van der Waals surface area contributed by atoms with Crippen molar-refractivity contribution in [1.29, 1.82) is 0 Å². The second-order valence-electron chi connectivity index (χ2n) is 0.632. The van der Waals surface area contributed by atoms with Gasteiger partial charge >= 0.3 is 0 Å². The molecule has 0 saturated heterocycles. The van der Waals surface area contributed by atoms with Gasteiger partial charge in [-0.25, -0.2) is 0 Å². The third-order valence-electron chi connectivity index (χ3n) is 0.316. The summed E-state index contributed by atoms with van der Waals surface area (Å²) >= 11 is 0. The van der Waals surface area contributed by atoms with E-state index in [1.54, 1.807) is 7.05 Å². The lowest BCUT2D eigenvalue weighted by Crippen LogP contribution is -1.90. The van der Waals surface area contributed by atoms with Crippen LogP contribution in [0.4, 0.5) is 0 Å². The Hall–Kier alpha value is -0.0400. The Morgan fingerprint density at radius 1 is 1.75 bits per heavy atom. The number of nitrogens with zero attached hydrogens (tertiary/aromatic N) is 1. The monoisotopic (exact) mass is 58.1 g/mol. The van der Waals surface area contributed by atoms with E-state index in [-0.39, 0.29) is 0 Å². The molecule has 0 aromatic rings.